The van der Waals surface area contributed by atoms with Crippen LogP contribution in [0.4, 0.5) is 0 Å². The first-order chi connectivity index (χ1) is 13.3. The maximum absolute atomic E-state index is 13.0. The van der Waals surface area contributed by atoms with Crippen LogP contribution >= 0.6 is 43.5 Å². The summed E-state index contributed by atoms with van der Waals surface area (Å²) in [5, 5.41) is 5.45. The van der Waals surface area contributed by atoms with Gasteiger partial charge >= 0.3 is 0 Å². The predicted molar refractivity (Wildman–Crippen MR) is 121 cm³/mol. The van der Waals surface area contributed by atoms with E-state index in [1.165, 1.54) is 4.68 Å². The van der Waals surface area contributed by atoms with Crippen LogP contribution in [0, 0.1) is 0 Å². The number of aromatic nitrogens is 2. The Bertz CT molecular complexity index is 1130. The number of aryl methyl sites for hydroxylation is 1. The molecule has 0 saturated heterocycles. The van der Waals surface area contributed by atoms with Gasteiger partial charge in [-0.05, 0) is 60.1 Å². The first-order valence-electron chi connectivity index (χ1n) is 8.71. The van der Waals surface area contributed by atoms with E-state index in [1.807, 2.05) is 32.9 Å². The van der Waals surface area contributed by atoms with Crippen LogP contribution in [0.1, 0.15) is 32.2 Å². The van der Waals surface area contributed by atoms with Gasteiger partial charge < -0.3 is 4.74 Å². The third-order valence-corrected chi connectivity index (χ3v) is 5.20. The molecule has 5 nitrogen and oxygen atoms in total. The molecule has 3 aromatic rings. The average Bonchev–Trinajstić information content (AvgIpc) is 2.63. The third-order valence-electron chi connectivity index (χ3n) is 3.89. The fraction of sp³-hybridized carbons (Fsp3) is 0.250. The zero-order valence-electron chi connectivity index (χ0n) is 15.5. The molecule has 0 unspecified atom stereocenters. The molecule has 3 rings (SSSR count). The van der Waals surface area contributed by atoms with Crippen molar-refractivity contribution in [2.45, 2.75) is 33.3 Å². The molecule has 0 aliphatic heterocycles. The van der Waals surface area contributed by atoms with E-state index in [9.17, 15) is 4.79 Å². The molecule has 28 heavy (non-hydrogen) atoms. The molecule has 0 spiro atoms. The van der Waals surface area contributed by atoms with Crippen molar-refractivity contribution in [1.82, 2.24) is 9.66 Å². The lowest BCUT2D eigenvalue weighted by Crippen LogP contribution is -2.22. The Balaban J connectivity index is 2.16. The molecule has 0 amide bonds. The summed E-state index contributed by atoms with van der Waals surface area (Å²) >= 11 is 13.1. The number of halogens is 3. The van der Waals surface area contributed by atoms with Crippen LogP contribution in [-0.4, -0.2) is 22.0 Å². The summed E-state index contributed by atoms with van der Waals surface area (Å²) in [6.07, 6.45) is 2.10. The third kappa shape index (κ3) is 4.47. The van der Waals surface area contributed by atoms with Crippen LogP contribution in [0.5, 0.6) is 5.75 Å². The van der Waals surface area contributed by atoms with Crippen molar-refractivity contribution in [2.75, 3.05) is 0 Å². The van der Waals surface area contributed by atoms with Crippen LogP contribution in [0.15, 0.2) is 49.2 Å². The molecule has 1 heterocycles. The lowest BCUT2D eigenvalue weighted by molar-refractivity contribution is 0.240. The van der Waals surface area contributed by atoms with E-state index in [4.69, 9.17) is 16.3 Å². The van der Waals surface area contributed by atoms with E-state index in [-0.39, 0.29) is 11.7 Å². The number of fused-ring (bicyclic) bond motifs is 1. The standard InChI is InChI=1S/C20H18Br2ClN3O2/c1-4-18-25-17-6-5-13(21)8-15(17)20(27)26(18)24-10-12-7-14(23)9-16(22)19(12)28-11(2)3/h5-11H,4H2,1-3H3. The molecule has 146 valence electrons. The highest BCUT2D eigenvalue weighted by atomic mass is 79.9. The molecule has 0 atom stereocenters. The van der Waals surface area contributed by atoms with Crippen molar-refractivity contribution in [1.29, 1.82) is 0 Å². The van der Waals surface area contributed by atoms with Gasteiger partial charge in [0.05, 0.1) is 27.7 Å². The van der Waals surface area contributed by atoms with Gasteiger partial charge in [-0.1, -0.05) is 34.5 Å². The van der Waals surface area contributed by atoms with Crippen molar-refractivity contribution < 1.29 is 4.74 Å². The van der Waals surface area contributed by atoms with Gasteiger partial charge in [-0.15, -0.1) is 0 Å². The van der Waals surface area contributed by atoms with E-state index in [1.54, 1.807) is 24.4 Å². The minimum atomic E-state index is -0.230. The normalized spacial score (nSPS) is 11.7. The topological polar surface area (TPSA) is 56.5 Å². The summed E-state index contributed by atoms with van der Waals surface area (Å²) in [7, 11) is 0. The molecule has 8 heteroatoms. The number of benzene rings is 2. The highest BCUT2D eigenvalue weighted by molar-refractivity contribution is 9.10. The van der Waals surface area contributed by atoms with Gasteiger partial charge in [0.1, 0.15) is 11.6 Å². The number of nitrogens with zero attached hydrogens (tertiary/aromatic N) is 3. The van der Waals surface area contributed by atoms with Crippen molar-refractivity contribution in [3.05, 3.63) is 66.0 Å². The molecular formula is C20H18Br2ClN3O2. The van der Waals surface area contributed by atoms with Gasteiger partial charge in [-0.25, -0.2) is 4.98 Å². The molecule has 0 aliphatic carbocycles. The van der Waals surface area contributed by atoms with E-state index >= 15 is 0 Å². The Hall–Kier alpha value is -1.70. The summed E-state index contributed by atoms with van der Waals surface area (Å²) in [6.45, 7) is 5.81. The smallest absolute Gasteiger partial charge is 0.282 e. The molecule has 0 radical (unpaired) electrons. The molecule has 0 bridgehead atoms. The van der Waals surface area contributed by atoms with Crippen molar-refractivity contribution in [2.24, 2.45) is 5.10 Å². The largest absolute Gasteiger partial charge is 0.489 e. The Kier molecular flexibility index (Phi) is 6.58. The summed E-state index contributed by atoms with van der Waals surface area (Å²) in [4.78, 5) is 17.6. The molecule has 1 aromatic heterocycles. The Labute approximate surface area is 184 Å². The van der Waals surface area contributed by atoms with Gasteiger partial charge in [0, 0.05) is 21.5 Å². The maximum Gasteiger partial charge on any atom is 0.282 e. The quantitative estimate of drug-likeness (QED) is 0.394. The Morgan fingerprint density at radius 3 is 2.71 bits per heavy atom. The zero-order valence-corrected chi connectivity index (χ0v) is 19.5. The second-order valence-corrected chi connectivity index (χ2v) is 8.58. The van der Waals surface area contributed by atoms with E-state index in [0.29, 0.717) is 39.5 Å². The number of hydrogen-bond acceptors (Lipinski definition) is 4. The molecular weight excluding hydrogens is 510 g/mol. The Morgan fingerprint density at radius 1 is 1.29 bits per heavy atom. The minimum absolute atomic E-state index is 0.0294. The maximum atomic E-state index is 13.0. The first kappa shape index (κ1) is 21.0. The van der Waals surface area contributed by atoms with Crippen LogP contribution in [0.3, 0.4) is 0 Å². The molecule has 2 aromatic carbocycles. The molecule has 0 saturated carbocycles. The number of hydrogen-bond donors (Lipinski definition) is 0. The fourth-order valence-electron chi connectivity index (χ4n) is 2.70. The van der Waals surface area contributed by atoms with Crippen LogP contribution < -0.4 is 10.3 Å². The Morgan fingerprint density at radius 2 is 2.04 bits per heavy atom. The summed E-state index contributed by atoms with van der Waals surface area (Å²) in [5.74, 6) is 1.19. The van der Waals surface area contributed by atoms with Crippen LogP contribution in [-0.2, 0) is 6.42 Å². The number of ether oxygens (including phenoxy) is 1. The predicted octanol–water partition coefficient (Wildman–Crippen LogP) is 5.81. The number of rotatable bonds is 5. The first-order valence-corrected chi connectivity index (χ1v) is 10.7. The van der Waals surface area contributed by atoms with Gasteiger partial charge in [0.2, 0.25) is 0 Å². The highest BCUT2D eigenvalue weighted by Gasteiger charge is 2.13. The van der Waals surface area contributed by atoms with Crippen molar-refractivity contribution in [3.8, 4) is 5.75 Å². The van der Waals surface area contributed by atoms with Gasteiger partial charge in [0.15, 0.2) is 0 Å². The zero-order chi connectivity index (χ0) is 20.4. The summed E-state index contributed by atoms with van der Waals surface area (Å²) < 4.78 is 8.74. The van der Waals surface area contributed by atoms with Crippen molar-refractivity contribution >= 4 is 60.6 Å². The van der Waals surface area contributed by atoms with Gasteiger partial charge in [-0.3, -0.25) is 4.79 Å². The summed E-state index contributed by atoms with van der Waals surface area (Å²) in [5.41, 5.74) is 1.08. The molecule has 0 fully saturated rings. The van der Waals surface area contributed by atoms with E-state index < -0.39 is 0 Å². The minimum Gasteiger partial charge on any atom is -0.489 e. The van der Waals surface area contributed by atoms with Crippen LogP contribution in [0.2, 0.25) is 5.02 Å². The van der Waals surface area contributed by atoms with Gasteiger partial charge in [-0.2, -0.15) is 9.78 Å². The lowest BCUT2D eigenvalue weighted by atomic mass is 10.2. The van der Waals surface area contributed by atoms with Crippen LogP contribution in [0.25, 0.3) is 10.9 Å². The van der Waals surface area contributed by atoms with Crippen molar-refractivity contribution in [3.63, 3.8) is 0 Å². The highest BCUT2D eigenvalue weighted by Crippen LogP contribution is 2.32. The van der Waals surface area contributed by atoms with E-state index in [2.05, 4.69) is 41.9 Å². The second kappa shape index (κ2) is 8.76. The average molecular weight is 528 g/mol. The molecule has 0 N–H and O–H groups in total. The van der Waals surface area contributed by atoms with Gasteiger partial charge in [0.25, 0.3) is 5.56 Å². The fourth-order valence-corrected chi connectivity index (χ4v) is 3.99. The van der Waals surface area contributed by atoms with E-state index in [0.717, 1.165) is 8.95 Å². The molecule has 0 aliphatic rings. The SMILES string of the molecule is CCc1nc2ccc(Br)cc2c(=O)n1N=Cc1cc(Cl)cc(Br)c1OC(C)C. The summed E-state index contributed by atoms with van der Waals surface area (Å²) in [6, 6.07) is 8.93. The monoisotopic (exact) mass is 525 g/mol. The second-order valence-electron chi connectivity index (χ2n) is 6.38. The lowest BCUT2D eigenvalue weighted by Gasteiger charge is -2.14.